The summed E-state index contributed by atoms with van der Waals surface area (Å²) in [7, 11) is 0. The lowest BCUT2D eigenvalue weighted by molar-refractivity contribution is 0.696. The highest BCUT2D eigenvalue weighted by molar-refractivity contribution is 4.96. The Morgan fingerprint density at radius 3 is 2.25 bits per heavy atom. The van der Waals surface area contributed by atoms with Gasteiger partial charge in [0.1, 0.15) is 0 Å². The van der Waals surface area contributed by atoms with Crippen LogP contribution in [0, 0.1) is 0 Å². The van der Waals surface area contributed by atoms with Crippen molar-refractivity contribution in [2.45, 2.75) is 39.0 Å². The SMILES string of the molecule is C=C/C=C/CCCCC/C=C/C. The van der Waals surface area contributed by atoms with Crippen LogP contribution in [0.5, 0.6) is 0 Å². The van der Waals surface area contributed by atoms with Gasteiger partial charge < -0.3 is 0 Å². The predicted molar refractivity (Wildman–Crippen MR) is 57.2 cm³/mol. The average molecular weight is 164 g/mol. The fourth-order valence-electron chi connectivity index (χ4n) is 1.06. The van der Waals surface area contributed by atoms with Gasteiger partial charge >= 0.3 is 0 Å². The van der Waals surface area contributed by atoms with Gasteiger partial charge in [-0.15, -0.1) is 0 Å². The zero-order chi connectivity index (χ0) is 9.07. The normalized spacial score (nSPS) is 11.4. The van der Waals surface area contributed by atoms with Crippen molar-refractivity contribution in [3.05, 3.63) is 37.0 Å². The van der Waals surface area contributed by atoms with Crippen molar-refractivity contribution < 1.29 is 0 Å². The highest BCUT2D eigenvalue weighted by Crippen LogP contribution is 2.04. The summed E-state index contributed by atoms with van der Waals surface area (Å²) in [6.45, 7) is 5.70. The first kappa shape index (κ1) is 11.2. The Bertz CT molecular complexity index is 140. The standard InChI is InChI=1S/C12H20/c1-3-5-7-9-11-12-10-8-6-4-2/h3-7H,1,8-12H2,2H3/b6-4+,7-5+. The van der Waals surface area contributed by atoms with Crippen molar-refractivity contribution in [2.24, 2.45) is 0 Å². The van der Waals surface area contributed by atoms with Crippen LogP contribution in [0.1, 0.15) is 39.0 Å². The summed E-state index contributed by atoms with van der Waals surface area (Å²) in [4.78, 5) is 0. The summed E-state index contributed by atoms with van der Waals surface area (Å²) in [5, 5.41) is 0. The topological polar surface area (TPSA) is 0 Å². The molecule has 0 atom stereocenters. The molecule has 0 unspecified atom stereocenters. The van der Waals surface area contributed by atoms with E-state index in [0.29, 0.717) is 0 Å². The minimum atomic E-state index is 1.20. The summed E-state index contributed by atoms with van der Waals surface area (Å²) in [6, 6.07) is 0. The van der Waals surface area contributed by atoms with Crippen LogP contribution in [0.3, 0.4) is 0 Å². The van der Waals surface area contributed by atoms with Crippen molar-refractivity contribution in [1.29, 1.82) is 0 Å². The molecule has 0 aromatic rings. The lowest BCUT2D eigenvalue weighted by Gasteiger charge is -1.93. The summed E-state index contributed by atoms with van der Waals surface area (Å²) in [5.74, 6) is 0. The molecule has 0 N–H and O–H groups in total. The smallest absolute Gasteiger partial charge is 0.0348 e. The van der Waals surface area contributed by atoms with E-state index in [0.717, 1.165) is 0 Å². The lowest BCUT2D eigenvalue weighted by Crippen LogP contribution is -1.74. The highest BCUT2D eigenvalue weighted by atomic mass is 13.9. The van der Waals surface area contributed by atoms with E-state index in [4.69, 9.17) is 0 Å². The van der Waals surface area contributed by atoms with Gasteiger partial charge in [0.25, 0.3) is 0 Å². The highest BCUT2D eigenvalue weighted by Gasteiger charge is 1.84. The maximum Gasteiger partial charge on any atom is -0.0348 e. The first-order chi connectivity index (χ1) is 5.91. The molecule has 0 saturated heterocycles. The largest absolute Gasteiger partial charge is 0.0991 e. The van der Waals surface area contributed by atoms with Gasteiger partial charge in [0.2, 0.25) is 0 Å². The molecule has 0 aromatic heterocycles. The van der Waals surface area contributed by atoms with Crippen LogP contribution in [-0.4, -0.2) is 0 Å². The molecule has 0 radical (unpaired) electrons. The molecule has 0 spiro atoms. The molecule has 0 aromatic carbocycles. The summed E-state index contributed by atoms with van der Waals surface area (Å²) in [6.07, 6.45) is 16.8. The molecule has 0 saturated carbocycles. The molecule has 0 amide bonds. The van der Waals surface area contributed by atoms with Gasteiger partial charge in [-0.2, -0.15) is 0 Å². The van der Waals surface area contributed by atoms with Gasteiger partial charge in [-0.05, 0) is 32.6 Å². The van der Waals surface area contributed by atoms with Crippen LogP contribution in [0.2, 0.25) is 0 Å². The molecular weight excluding hydrogens is 144 g/mol. The molecule has 0 rings (SSSR count). The molecule has 0 aliphatic heterocycles. The van der Waals surface area contributed by atoms with Gasteiger partial charge in [-0.25, -0.2) is 0 Å². The van der Waals surface area contributed by atoms with Crippen LogP contribution < -0.4 is 0 Å². The minimum Gasteiger partial charge on any atom is -0.0991 e. The summed E-state index contributed by atoms with van der Waals surface area (Å²) >= 11 is 0. The Morgan fingerprint density at radius 1 is 1.00 bits per heavy atom. The van der Waals surface area contributed by atoms with Crippen molar-refractivity contribution in [3.8, 4) is 0 Å². The number of hydrogen-bond acceptors (Lipinski definition) is 0. The van der Waals surface area contributed by atoms with Crippen molar-refractivity contribution in [3.63, 3.8) is 0 Å². The van der Waals surface area contributed by atoms with Crippen molar-refractivity contribution in [1.82, 2.24) is 0 Å². The molecule has 12 heavy (non-hydrogen) atoms. The fraction of sp³-hybridized carbons (Fsp3) is 0.500. The third kappa shape index (κ3) is 9.22. The quantitative estimate of drug-likeness (QED) is 0.300. The third-order valence-electron chi connectivity index (χ3n) is 1.75. The molecule has 0 heteroatoms. The molecule has 0 heterocycles. The Balaban J connectivity index is 3.00. The molecule has 0 bridgehead atoms. The number of allylic oxidation sites excluding steroid dienone is 5. The summed E-state index contributed by atoms with van der Waals surface area (Å²) in [5.41, 5.74) is 0. The predicted octanol–water partition coefficient (Wildman–Crippen LogP) is 4.26. The van der Waals surface area contributed by atoms with Crippen molar-refractivity contribution >= 4 is 0 Å². The van der Waals surface area contributed by atoms with Crippen LogP contribution in [0.25, 0.3) is 0 Å². The van der Waals surface area contributed by atoms with Gasteiger partial charge in [0.15, 0.2) is 0 Å². The van der Waals surface area contributed by atoms with Gasteiger partial charge in [0, 0.05) is 0 Å². The maximum absolute atomic E-state index is 3.62. The van der Waals surface area contributed by atoms with Crippen LogP contribution in [0.15, 0.2) is 37.0 Å². The third-order valence-corrected chi connectivity index (χ3v) is 1.75. The summed E-state index contributed by atoms with van der Waals surface area (Å²) < 4.78 is 0. The van der Waals surface area contributed by atoms with Crippen LogP contribution >= 0.6 is 0 Å². The zero-order valence-corrected chi connectivity index (χ0v) is 8.13. The minimum absolute atomic E-state index is 1.20. The average Bonchev–Trinajstić information content (AvgIpc) is 2.10. The van der Waals surface area contributed by atoms with E-state index in [1.54, 1.807) is 0 Å². The lowest BCUT2D eigenvalue weighted by atomic mass is 10.1. The number of unbranched alkanes of at least 4 members (excludes halogenated alkanes) is 4. The maximum atomic E-state index is 3.62. The van der Waals surface area contributed by atoms with E-state index < -0.39 is 0 Å². The van der Waals surface area contributed by atoms with Crippen molar-refractivity contribution in [2.75, 3.05) is 0 Å². The van der Waals surface area contributed by atoms with Gasteiger partial charge in [-0.1, -0.05) is 43.4 Å². The van der Waals surface area contributed by atoms with E-state index in [1.807, 2.05) is 12.2 Å². The Labute approximate surface area is 76.7 Å². The molecule has 0 aliphatic rings. The van der Waals surface area contributed by atoms with E-state index in [-0.39, 0.29) is 0 Å². The van der Waals surface area contributed by atoms with Crippen LogP contribution in [-0.2, 0) is 0 Å². The molecule has 0 fully saturated rings. The Kier molecular flexibility index (Phi) is 9.56. The molecule has 0 aliphatic carbocycles. The monoisotopic (exact) mass is 164 g/mol. The fourth-order valence-corrected chi connectivity index (χ4v) is 1.06. The second kappa shape index (κ2) is 10.2. The number of hydrogen-bond donors (Lipinski definition) is 0. The Morgan fingerprint density at radius 2 is 1.67 bits per heavy atom. The van der Waals surface area contributed by atoms with E-state index in [1.165, 1.54) is 32.1 Å². The zero-order valence-electron chi connectivity index (χ0n) is 8.13. The van der Waals surface area contributed by atoms with Crippen LogP contribution in [0.4, 0.5) is 0 Å². The molecule has 0 nitrogen and oxygen atoms in total. The first-order valence-corrected chi connectivity index (χ1v) is 4.80. The van der Waals surface area contributed by atoms with Gasteiger partial charge in [-0.3, -0.25) is 0 Å². The van der Waals surface area contributed by atoms with E-state index >= 15 is 0 Å². The molecule has 68 valence electrons. The van der Waals surface area contributed by atoms with Gasteiger partial charge in [0.05, 0.1) is 0 Å². The second-order valence-electron chi connectivity index (χ2n) is 2.87. The first-order valence-electron chi connectivity index (χ1n) is 4.80. The second-order valence-corrected chi connectivity index (χ2v) is 2.87. The molecular formula is C12H20. The Hall–Kier alpha value is -0.780. The number of rotatable bonds is 7. The van der Waals surface area contributed by atoms with E-state index in [2.05, 4.69) is 31.7 Å². The van der Waals surface area contributed by atoms with E-state index in [9.17, 15) is 0 Å².